The highest BCUT2D eigenvalue weighted by Gasteiger charge is 2.12. The van der Waals surface area contributed by atoms with Gasteiger partial charge in [0.15, 0.2) is 10.6 Å². The Hall–Kier alpha value is -2.36. The molecule has 4 aromatic rings. The molecule has 0 radical (unpaired) electrons. The Morgan fingerprint density at radius 2 is 1.81 bits per heavy atom. The lowest BCUT2D eigenvalue weighted by molar-refractivity contribution is 0.548. The van der Waals surface area contributed by atoms with E-state index in [0.717, 1.165) is 15.7 Å². The van der Waals surface area contributed by atoms with Gasteiger partial charge in [-0.2, -0.15) is 9.90 Å². The van der Waals surface area contributed by atoms with Crippen LogP contribution in [0, 0.1) is 4.77 Å². The summed E-state index contributed by atoms with van der Waals surface area (Å²) in [4.78, 5) is 1.48. The highest BCUT2D eigenvalue weighted by molar-refractivity contribution is 9.10. The maximum atomic E-state index is 5.96. The third kappa shape index (κ3) is 3.46. The van der Waals surface area contributed by atoms with Crippen LogP contribution in [0.2, 0.25) is 5.02 Å². The van der Waals surface area contributed by atoms with E-state index in [2.05, 4.69) is 41.5 Å². The fourth-order valence-corrected chi connectivity index (χ4v) is 3.09. The first-order valence-corrected chi connectivity index (χ1v) is 9.14. The van der Waals surface area contributed by atoms with Gasteiger partial charge in [0.25, 0.3) is 0 Å². The Bertz CT molecular complexity index is 1100. The second kappa shape index (κ2) is 7.10. The minimum atomic E-state index is 0.319. The van der Waals surface area contributed by atoms with Crippen LogP contribution < -0.4 is 0 Å². The lowest BCUT2D eigenvalue weighted by Gasteiger charge is -2.06. The van der Waals surface area contributed by atoms with E-state index in [1.54, 1.807) is 12.1 Å². The Morgan fingerprint density at radius 1 is 1.08 bits per heavy atom. The molecule has 0 atom stereocenters. The second-order valence-electron chi connectivity index (χ2n) is 5.41. The summed E-state index contributed by atoms with van der Waals surface area (Å²) in [7, 11) is 0. The summed E-state index contributed by atoms with van der Waals surface area (Å²) in [6.07, 6.45) is 0. The molecule has 7 nitrogen and oxygen atoms in total. The average molecular weight is 449 g/mol. The molecule has 2 aromatic heterocycles. The van der Waals surface area contributed by atoms with Crippen molar-refractivity contribution in [3.05, 3.63) is 68.6 Å². The van der Waals surface area contributed by atoms with Gasteiger partial charge in [0.1, 0.15) is 6.54 Å². The lowest BCUT2D eigenvalue weighted by Crippen LogP contribution is -2.10. The van der Waals surface area contributed by atoms with Gasteiger partial charge < -0.3 is 0 Å². The first kappa shape index (κ1) is 17.1. The highest BCUT2D eigenvalue weighted by atomic mass is 79.9. The topological polar surface area (TPSA) is 77.2 Å². The maximum absolute atomic E-state index is 5.96. The van der Waals surface area contributed by atoms with Gasteiger partial charge in [-0.1, -0.05) is 27.5 Å². The molecular weight excluding hydrogens is 438 g/mol. The van der Waals surface area contributed by atoms with Crippen molar-refractivity contribution in [2.45, 2.75) is 6.54 Å². The number of nitrogens with one attached hydrogen (secondary N) is 1. The predicted octanol–water partition coefficient (Wildman–Crippen LogP) is 4.05. The van der Waals surface area contributed by atoms with Crippen molar-refractivity contribution in [3.63, 3.8) is 0 Å². The summed E-state index contributed by atoms with van der Waals surface area (Å²) < 4.78 is 3.29. The number of hydrogen-bond donors (Lipinski definition) is 1. The van der Waals surface area contributed by atoms with Crippen LogP contribution in [0.25, 0.3) is 17.1 Å². The van der Waals surface area contributed by atoms with Crippen LogP contribution in [0.5, 0.6) is 0 Å². The molecule has 0 bridgehead atoms. The predicted molar refractivity (Wildman–Crippen MR) is 104 cm³/mol. The summed E-state index contributed by atoms with van der Waals surface area (Å²) in [6, 6.07) is 15.1. The smallest absolute Gasteiger partial charge is 0.204 e. The molecule has 0 unspecified atom stereocenters. The molecule has 0 aliphatic heterocycles. The SMILES string of the molecule is S=c1[nH]nc(Cn2nnc(-c3ccc(Br)cc3)n2)n1-c1ccc(Cl)cc1. The van der Waals surface area contributed by atoms with Crippen LogP contribution in [-0.2, 0) is 6.54 Å². The minimum Gasteiger partial charge on any atom is -0.271 e. The van der Waals surface area contributed by atoms with E-state index < -0.39 is 0 Å². The first-order valence-electron chi connectivity index (χ1n) is 7.56. The van der Waals surface area contributed by atoms with E-state index in [1.165, 1.54) is 4.80 Å². The number of aromatic amines is 1. The number of H-pyrrole nitrogens is 1. The number of hydrogen-bond acceptors (Lipinski definition) is 5. The minimum absolute atomic E-state index is 0.319. The largest absolute Gasteiger partial charge is 0.271 e. The monoisotopic (exact) mass is 447 g/mol. The van der Waals surface area contributed by atoms with E-state index in [0.29, 0.717) is 28.0 Å². The van der Waals surface area contributed by atoms with Crippen molar-refractivity contribution >= 4 is 39.7 Å². The van der Waals surface area contributed by atoms with Crippen LogP contribution in [-0.4, -0.2) is 35.0 Å². The van der Waals surface area contributed by atoms with Crippen molar-refractivity contribution in [1.82, 2.24) is 35.0 Å². The third-order valence-electron chi connectivity index (χ3n) is 3.66. The van der Waals surface area contributed by atoms with Crippen molar-refractivity contribution in [2.24, 2.45) is 0 Å². The van der Waals surface area contributed by atoms with E-state index in [4.69, 9.17) is 23.8 Å². The molecule has 26 heavy (non-hydrogen) atoms. The van der Waals surface area contributed by atoms with Crippen molar-refractivity contribution in [1.29, 1.82) is 0 Å². The summed E-state index contributed by atoms with van der Waals surface area (Å²) in [5, 5.41) is 20.4. The summed E-state index contributed by atoms with van der Waals surface area (Å²) in [5.41, 5.74) is 1.74. The molecule has 130 valence electrons. The molecular formula is C16H11BrClN7S. The maximum Gasteiger partial charge on any atom is 0.204 e. The van der Waals surface area contributed by atoms with Crippen LogP contribution in [0.1, 0.15) is 5.82 Å². The lowest BCUT2D eigenvalue weighted by atomic mass is 10.2. The third-order valence-corrected chi connectivity index (χ3v) is 4.72. The fraction of sp³-hybridized carbons (Fsp3) is 0.0625. The Morgan fingerprint density at radius 3 is 2.54 bits per heavy atom. The molecule has 10 heteroatoms. The molecule has 4 rings (SSSR count). The zero-order valence-electron chi connectivity index (χ0n) is 13.2. The molecule has 0 amide bonds. The van der Waals surface area contributed by atoms with Gasteiger partial charge in [-0.25, -0.2) is 0 Å². The Labute approximate surface area is 166 Å². The van der Waals surface area contributed by atoms with Gasteiger partial charge in [-0.15, -0.1) is 10.2 Å². The van der Waals surface area contributed by atoms with Crippen LogP contribution in [0.4, 0.5) is 0 Å². The highest BCUT2D eigenvalue weighted by Crippen LogP contribution is 2.18. The van der Waals surface area contributed by atoms with Crippen molar-refractivity contribution < 1.29 is 0 Å². The summed E-state index contributed by atoms with van der Waals surface area (Å²) in [5.74, 6) is 1.21. The summed E-state index contributed by atoms with van der Waals surface area (Å²) in [6.45, 7) is 0.319. The van der Waals surface area contributed by atoms with Gasteiger partial charge in [-0.05, 0) is 66.0 Å². The number of benzene rings is 2. The van der Waals surface area contributed by atoms with E-state index >= 15 is 0 Å². The van der Waals surface area contributed by atoms with E-state index in [1.807, 2.05) is 41.0 Å². The average Bonchev–Trinajstić information content (AvgIpc) is 3.24. The molecule has 1 N–H and O–H groups in total. The molecule has 2 heterocycles. The Kier molecular flexibility index (Phi) is 4.66. The number of halogens is 2. The molecule has 0 aliphatic rings. The molecule has 0 aliphatic carbocycles. The quantitative estimate of drug-likeness (QED) is 0.477. The molecule has 0 spiro atoms. The number of aromatic nitrogens is 7. The number of rotatable bonds is 4. The van der Waals surface area contributed by atoms with Gasteiger partial charge in [-0.3, -0.25) is 9.67 Å². The van der Waals surface area contributed by atoms with Crippen molar-refractivity contribution in [3.8, 4) is 17.1 Å². The number of nitrogens with zero attached hydrogens (tertiary/aromatic N) is 6. The van der Waals surface area contributed by atoms with Crippen LogP contribution >= 0.6 is 39.7 Å². The van der Waals surface area contributed by atoms with E-state index in [-0.39, 0.29) is 0 Å². The van der Waals surface area contributed by atoms with Crippen LogP contribution in [0.15, 0.2) is 53.0 Å². The fourth-order valence-electron chi connectivity index (χ4n) is 2.44. The zero-order valence-corrected chi connectivity index (χ0v) is 16.3. The van der Waals surface area contributed by atoms with Gasteiger partial charge >= 0.3 is 0 Å². The molecule has 0 fully saturated rings. The first-order chi connectivity index (χ1) is 12.6. The van der Waals surface area contributed by atoms with E-state index in [9.17, 15) is 0 Å². The van der Waals surface area contributed by atoms with Crippen LogP contribution in [0.3, 0.4) is 0 Å². The second-order valence-corrected chi connectivity index (χ2v) is 7.15. The normalized spacial score (nSPS) is 11.0. The van der Waals surface area contributed by atoms with Crippen molar-refractivity contribution in [2.75, 3.05) is 0 Å². The zero-order chi connectivity index (χ0) is 18.1. The van der Waals surface area contributed by atoms with Gasteiger partial charge in [0, 0.05) is 20.7 Å². The van der Waals surface area contributed by atoms with Gasteiger partial charge in [0.05, 0.1) is 0 Å². The standard InChI is InChI=1S/C16H11BrClN7S/c17-11-3-1-10(2-4-11)15-20-23-24(22-15)9-14-19-21-16(26)25(14)13-7-5-12(18)6-8-13/h1-8H,9H2,(H,21,26). The number of tetrazole rings is 1. The summed E-state index contributed by atoms with van der Waals surface area (Å²) >= 11 is 14.7. The molecule has 0 saturated carbocycles. The Balaban J connectivity index is 1.64. The van der Waals surface area contributed by atoms with Gasteiger partial charge in [0.2, 0.25) is 5.82 Å². The molecule has 2 aromatic carbocycles. The molecule has 0 saturated heterocycles.